The number of H-pyrrole nitrogens is 1. The minimum atomic E-state index is -1.36. The molecule has 4 unspecified atom stereocenters. The van der Waals surface area contributed by atoms with Crippen molar-refractivity contribution in [2.45, 2.75) is 57.8 Å². The highest BCUT2D eigenvalue weighted by molar-refractivity contribution is 5.94. The first-order valence-corrected chi connectivity index (χ1v) is 11.1. The summed E-state index contributed by atoms with van der Waals surface area (Å²) in [4.78, 5) is 52.1. The molecule has 4 atom stereocenters. The molecule has 1 aromatic carbocycles. The number of carboxylic acid groups (broad SMARTS) is 1. The number of amides is 3. The van der Waals surface area contributed by atoms with Crippen LogP contribution in [0.5, 0.6) is 0 Å². The number of aliphatic carboxylic acids is 1. The average Bonchev–Trinajstić information content (AvgIpc) is 3.17. The number of nitrogens with two attached hydrogens (primary N) is 1. The third-order valence-corrected chi connectivity index (χ3v) is 5.27. The van der Waals surface area contributed by atoms with Gasteiger partial charge in [-0.05, 0) is 30.9 Å². The lowest BCUT2D eigenvalue weighted by Gasteiger charge is -2.26. The Morgan fingerprint density at radius 3 is 2.32 bits per heavy atom. The van der Waals surface area contributed by atoms with E-state index < -0.39 is 54.5 Å². The molecule has 11 nitrogen and oxygen atoms in total. The van der Waals surface area contributed by atoms with E-state index in [0.29, 0.717) is 6.42 Å². The number of carbonyl (C=O) groups excluding carboxylic acids is 3. The molecule has 0 fully saturated rings. The lowest BCUT2D eigenvalue weighted by atomic mass is 10.0. The van der Waals surface area contributed by atoms with E-state index in [2.05, 4.69) is 20.9 Å². The number of rotatable bonds is 12. The molecule has 2 rings (SSSR count). The van der Waals surface area contributed by atoms with E-state index in [4.69, 9.17) is 10.8 Å². The van der Waals surface area contributed by atoms with Gasteiger partial charge in [-0.15, -0.1) is 0 Å². The van der Waals surface area contributed by atoms with Crippen molar-refractivity contribution < 1.29 is 29.4 Å². The fourth-order valence-electron chi connectivity index (χ4n) is 3.56. The van der Waals surface area contributed by atoms with Crippen molar-refractivity contribution in [2.24, 2.45) is 11.7 Å². The van der Waals surface area contributed by atoms with Gasteiger partial charge in [0.15, 0.2) is 0 Å². The number of nitrogens with one attached hydrogen (secondary N) is 4. The van der Waals surface area contributed by atoms with E-state index >= 15 is 0 Å². The molecule has 0 aliphatic heterocycles. The molecule has 0 saturated heterocycles. The van der Waals surface area contributed by atoms with Crippen LogP contribution < -0.4 is 21.7 Å². The highest BCUT2D eigenvalue weighted by Gasteiger charge is 2.31. The molecule has 8 N–H and O–H groups in total. The van der Waals surface area contributed by atoms with Gasteiger partial charge in [-0.25, -0.2) is 0 Å². The third kappa shape index (κ3) is 7.56. The van der Waals surface area contributed by atoms with E-state index in [9.17, 15) is 24.3 Å². The summed E-state index contributed by atoms with van der Waals surface area (Å²) in [6, 6.07) is 4.01. The highest BCUT2D eigenvalue weighted by Crippen LogP contribution is 2.19. The van der Waals surface area contributed by atoms with Gasteiger partial charge in [0, 0.05) is 23.5 Å². The Morgan fingerprint density at radius 2 is 1.71 bits per heavy atom. The predicted octanol–water partition coefficient (Wildman–Crippen LogP) is -0.365. The summed E-state index contributed by atoms with van der Waals surface area (Å²) in [6.45, 7) is 4.51. The molecule has 0 radical (unpaired) electrons. The maximum absolute atomic E-state index is 13.0. The van der Waals surface area contributed by atoms with E-state index in [-0.39, 0.29) is 12.3 Å². The summed E-state index contributed by atoms with van der Waals surface area (Å²) < 4.78 is 0. The Labute approximate surface area is 197 Å². The molecule has 1 heterocycles. The van der Waals surface area contributed by atoms with Crippen LogP contribution >= 0.6 is 0 Å². The Bertz CT molecular complexity index is 1020. The quantitative estimate of drug-likeness (QED) is 0.218. The van der Waals surface area contributed by atoms with Crippen LogP contribution in [0.4, 0.5) is 0 Å². The summed E-state index contributed by atoms with van der Waals surface area (Å²) in [6.07, 6.45) is 0.869. The van der Waals surface area contributed by atoms with Crippen molar-refractivity contribution in [1.29, 1.82) is 0 Å². The van der Waals surface area contributed by atoms with Crippen LogP contribution in [-0.4, -0.2) is 69.7 Å². The second-order valence-corrected chi connectivity index (χ2v) is 8.70. The molecule has 3 amide bonds. The molecule has 0 aliphatic rings. The number of aliphatic hydroxyl groups is 1. The van der Waals surface area contributed by atoms with Crippen LogP contribution in [0.3, 0.4) is 0 Å². The number of aromatic nitrogens is 1. The predicted molar refractivity (Wildman–Crippen MR) is 126 cm³/mol. The fourth-order valence-corrected chi connectivity index (χ4v) is 3.56. The molecule has 0 aliphatic carbocycles. The maximum atomic E-state index is 13.0. The zero-order valence-electron chi connectivity index (χ0n) is 19.5. The molecule has 0 spiro atoms. The van der Waals surface area contributed by atoms with Crippen LogP contribution in [0, 0.1) is 5.92 Å². The van der Waals surface area contributed by atoms with Gasteiger partial charge in [-0.3, -0.25) is 19.2 Å². The summed E-state index contributed by atoms with van der Waals surface area (Å²) in [5.41, 5.74) is 7.44. The minimum absolute atomic E-state index is 0.0501. The lowest BCUT2D eigenvalue weighted by Crippen LogP contribution is -2.59. The summed E-state index contributed by atoms with van der Waals surface area (Å²) in [7, 11) is 0. The van der Waals surface area contributed by atoms with Gasteiger partial charge in [-0.1, -0.05) is 32.0 Å². The first-order valence-electron chi connectivity index (χ1n) is 11.1. The second kappa shape index (κ2) is 12.1. The van der Waals surface area contributed by atoms with Crippen LogP contribution in [0.15, 0.2) is 30.5 Å². The molecular weight excluding hydrogens is 442 g/mol. The minimum Gasteiger partial charge on any atom is -0.480 e. The van der Waals surface area contributed by atoms with Crippen LogP contribution in [0.25, 0.3) is 10.9 Å². The number of carboxylic acids is 1. The second-order valence-electron chi connectivity index (χ2n) is 8.70. The van der Waals surface area contributed by atoms with Crippen molar-refractivity contribution >= 4 is 34.6 Å². The smallest absolute Gasteiger partial charge is 0.322 e. The third-order valence-electron chi connectivity index (χ3n) is 5.27. The van der Waals surface area contributed by atoms with E-state index in [0.717, 1.165) is 16.5 Å². The van der Waals surface area contributed by atoms with Gasteiger partial charge in [0.1, 0.15) is 18.6 Å². The Balaban J connectivity index is 2.21. The molecule has 0 saturated carbocycles. The Kier molecular flexibility index (Phi) is 9.58. The van der Waals surface area contributed by atoms with E-state index in [1.165, 1.54) is 6.92 Å². The summed E-state index contributed by atoms with van der Waals surface area (Å²) in [5.74, 6) is -3.20. The van der Waals surface area contributed by atoms with Gasteiger partial charge in [0.25, 0.3) is 0 Å². The summed E-state index contributed by atoms with van der Waals surface area (Å²) >= 11 is 0. The Hall–Kier alpha value is -3.44. The van der Waals surface area contributed by atoms with Crippen LogP contribution in [-0.2, 0) is 25.6 Å². The molecule has 0 bridgehead atoms. The van der Waals surface area contributed by atoms with Crippen molar-refractivity contribution in [3.05, 3.63) is 36.0 Å². The zero-order chi connectivity index (χ0) is 25.4. The van der Waals surface area contributed by atoms with Crippen molar-refractivity contribution in [3.63, 3.8) is 0 Å². The normalized spacial score (nSPS) is 14.8. The number of aliphatic hydroxyl groups excluding tert-OH is 1. The maximum Gasteiger partial charge on any atom is 0.322 e. The molecule has 11 heteroatoms. The number of fused-ring (bicyclic) bond motifs is 1. The van der Waals surface area contributed by atoms with Gasteiger partial charge in [-0.2, -0.15) is 0 Å². The van der Waals surface area contributed by atoms with Crippen molar-refractivity contribution in [1.82, 2.24) is 20.9 Å². The van der Waals surface area contributed by atoms with Gasteiger partial charge < -0.3 is 36.9 Å². The molecule has 2 aromatic rings. The number of para-hydroxylation sites is 1. The fraction of sp³-hybridized carbons (Fsp3) is 0.478. The van der Waals surface area contributed by atoms with Gasteiger partial charge in [0.2, 0.25) is 17.7 Å². The average molecular weight is 476 g/mol. The van der Waals surface area contributed by atoms with Gasteiger partial charge in [0.05, 0.1) is 12.1 Å². The number of carbonyl (C=O) groups is 4. The number of benzene rings is 1. The first-order chi connectivity index (χ1) is 16.0. The molecule has 186 valence electrons. The highest BCUT2D eigenvalue weighted by atomic mass is 16.4. The number of aromatic amines is 1. The molecule has 34 heavy (non-hydrogen) atoms. The van der Waals surface area contributed by atoms with Gasteiger partial charge >= 0.3 is 5.97 Å². The van der Waals surface area contributed by atoms with E-state index in [1.54, 1.807) is 6.20 Å². The van der Waals surface area contributed by atoms with Crippen molar-refractivity contribution in [2.75, 3.05) is 6.54 Å². The molecule has 1 aromatic heterocycles. The summed E-state index contributed by atoms with van der Waals surface area (Å²) in [5, 5.41) is 27.1. The number of hydrogen-bond acceptors (Lipinski definition) is 6. The van der Waals surface area contributed by atoms with Crippen molar-refractivity contribution in [3.8, 4) is 0 Å². The topological polar surface area (TPSA) is 187 Å². The Morgan fingerprint density at radius 1 is 1.03 bits per heavy atom. The lowest BCUT2D eigenvalue weighted by molar-refractivity contribution is -0.138. The van der Waals surface area contributed by atoms with Crippen LogP contribution in [0.2, 0.25) is 0 Å². The standard InChI is InChI=1S/C23H33N5O6/c1-12(2)8-16(24)21(32)28-20(13(3)29)23(34)27-18(22(33)26-11-19(30)31)9-14-10-25-17-7-5-4-6-15(14)17/h4-7,10,12-13,16,18,20,25,29H,8-9,11,24H2,1-3H3,(H,26,33)(H,27,34)(H,28,32)(H,30,31). The zero-order valence-corrected chi connectivity index (χ0v) is 19.5. The monoisotopic (exact) mass is 475 g/mol. The SMILES string of the molecule is CC(C)CC(N)C(=O)NC(C(=O)NC(Cc1c[nH]c2ccccc12)C(=O)NCC(=O)O)C(C)O. The van der Waals surface area contributed by atoms with E-state index in [1.807, 2.05) is 38.1 Å². The number of hydrogen-bond donors (Lipinski definition) is 7. The largest absolute Gasteiger partial charge is 0.480 e. The van der Waals surface area contributed by atoms with Crippen LogP contribution in [0.1, 0.15) is 32.8 Å². The first kappa shape index (κ1) is 26.8. The molecular formula is C23H33N5O6.